The molecule has 0 spiro atoms. The van der Waals surface area contributed by atoms with Crippen LogP contribution in [-0.4, -0.2) is 26.2 Å². The van der Waals surface area contributed by atoms with Gasteiger partial charge >= 0.3 is 0 Å². The molecule has 6 heteroatoms. The summed E-state index contributed by atoms with van der Waals surface area (Å²) in [5.74, 6) is 0.652. The Morgan fingerprint density at radius 3 is 1.00 bits per heavy atom. The zero-order valence-electron chi connectivity index (χ0n) is 16.3. The Balaban J connectivity index is 0.000000176. The fraction of sp³-hybridized carbons (Fsp3) is 0. The van der Waals surface area contributed by atoms with Crippen LogP contribution < -0.4 is 0 Å². The summed E-state index contributed by atoms with van der Waals surface area (Å²) in [5, 5.41) is 36.4. The lowest BCUT2D eigenvalue weighted by molar-refractivity contribution is 0.103. The number of rotatable bonds is 4. The average Bonchev–Trinajstić information content (AvgIpc) is 2.78. The molecule has 4 aromatic rings. The predicted molar refractivity (Wildman–Crippen MR) is 120 cm³/mol. The Morgan fingerprint density at radius 2 is 0.710 bits per heavy atom. The van der Waals surface area contributed by atoms with E-state index in [2.05, 4.69) is 0 Å². The highest BCUT2D eigenvalue weighted by molar-refractivity contribution is 7.99. The van der Waals surface area contributed by atoms with E-state index < -0.39 is 0 Å². The maximum absolute atomic E-state index is 11.9. The second-order valence-electron chi connectivity index (χ2n) is 6.51. The Kier molecular flexibility index (Phi) is 7.19. The van der Waals surface area contributed by atoms with Gasteiger partial charge in [-0.3, -0.25) is 4.79 Å². The molecule has 0 bridgehead atoms. The lowest BCUT2D eigenvalue weighted by atomic mass is 10.0. The van der Waals surface area contributed by atoms with Crippen LogP contribution in [0.4, 0.5) is 0 Å². The van der Waals surface area contributed by atoms with Gasteiger partial charge in [-0.25, -0.2) is 0 Å². The van der Waals surface area contributed by atoms with Crippen molar-refractivity contribution in [1.82, 2.24) is 0 Å². The van der Waals surface area contributed by atoms with E-state index in [1.807, 2.05) is 24.3 Å². The maximum Gasteiger partial charge on any atom is 0.193 e. The SMILES string of the molecule is O=C(c1ccc(O)cc1)c1ccc(O)cc1.Oc1ccc(Sc2ccc(O)cc2)cc1. The van der Waals surface area contributed by atoms with E-state index in [9.17, 15) is 4.79 Å². The fourth-order valence-corrected chi connectivity index (χ4v) is 3.37. The molecule has 4 rings (SSSR count). The van der Waals surface area contributed by atoms with E-state index in [-0.39, 0.29) is 28.8 Å². The van der Waals surface area contributed by atoms with Crippen LogP contribution in [0.2, 0.25) is 0 Å². The Labute approximate surface area is 183 Å². The van der Waals surface area contributed by atoms with Gasteiger partial charge in [0.05, 0.1) is 0 Å². The van der Waals surface area contributed by atoms with E-state index in [0.29, 0.717) is 11.1 Å². The number of ketones is 1. The molecule has 0 aliphatic heterocycles. The predicted octanol–water partition coefficient (Wildman–Crippen LogP) is 5.58. The average molecular weight is 432 g/mol. The number of carbonyl (C=O) groups excluding carboxylic acids is 1. The van der Waals surface area contributed by atoms with Gasteiger partial charge in [-0.2, -0.15) is 0 Å². The van der Waals surface area contributed by atoms with Crippen molar-refractivity contribution in [3.05, 3.63) is 108 Å². The second kappa shape index (κ2) is 10.2. The Morgan fingerprint density at radius 1 is 0.452 bits per heavy atom. The van der Waals surface area contributed by atoms with Crippen LogP contribution in [0.1, 0.15) is 15.9 Å². The summed E-state index contributed by atoms with van der Waals surface area (Å²) in [6.07, 6.45) is 0. The number of hydrogen-bond donors (Lipinski definition) is 4. The molecule has 31 heavy (non-hydrogen) atoms. The van der Waals surface area contributed by atoms with Crippen LogP contribution in [0.25, 0.3) is 0 Å². The minimum atomic E-state index is -0.139. The van der Waals surface area contributed by atoms with E-state index in [0.717, 1.165) is 9.79 Å². The van der Waals surface area contributed by atoms with Gasteiger partial charge in [0.15, 0.2) is 5.78 Å². The minimum absolute atomic E-state index is 0.127. The molecule has 0 amide bonds. The molecule has 5 nitrogen and oxygen atoms in total. The van der Waals surface area contributed by atoms with E-state index >= 15 is 0 Å². The van der Waals surface area contributed by atoms with Gasteiger partial charge in [-0.15, -0.1) is 0 Å². The molecule has 0 atom stereocenters. The third-order valence-corrected chi connectivity index (χ3v) is 5.18. The molecular weight excluding hydrogens is 412 g/mol. The first-order chi connectivity index (χ1) is 14.9. The molecular formula is C25H20O5S. The molecule has 0 heterocycles. The monoisotopic (exact) mass is 432 g/mol. The van der Waals surface area contributed by atoms with Gasteiger partial charge in [0.2, 0.25) is 0 Å². The van der Waals surface area contributed by atoms with Crippen LogP contribution in [0.3, 0.4) is 0 Å². The lowest BCUT2D eigenvalue weighted by Gasteiger charge is -2.01. The van der Waals surface area contributed by atoms with Crippen molar-refractivity contribution >= 4 is 17.5 Å². The van der Waals surface area contributed by atoms with Crippen molar-refractivity contribution in [2.45, 2.75) is 9.79 Å². The lowest BCUT2D eigenvalue weighted by Crippen LogP contribution is -2.00. The highest BCUT2D eigenvalue weighted by atomic mass is 32.2. The van der Waals surface area contributed by atoms with Gasteiger partial charge in [0.25, 0.3) is 0 Å². The fourth-order valence-electron chi connectivity index (χ4n) is 2.56. The Bertz CT molecular complexity index is 1030. The van der Waals surface area contributed by atoms with Crippen molar-refractivity contribution < 1.29 is 25.2 Å². The largest absolute Gasteiger partial charge is 0.508 e. The number of phenolic OH excluding ortho intramolecular Hbond substituents is 4. The smallest absolute Gasteiger partial charge is 0.193 e. The van der Waals surface area contributed by atoms with Crippen LogP contribution in [0.15, 0.2) is 107 Å². The molecule has 0 fully saturated rings. The van der Waals surface area contributed by atoms with E-state index in [4.69, 9.17) is 20.4 Å². The summed E-state index contributed by atoms with van der Waals surface area (Å²) in [4.78, 5) is 14.0. The summed E-state index contributed by atoms with van der Waals surface area (Å²) < 4.78 is 0. The molecule has 0 aliphatic rings. The minimum Gasteiger partial charge on any atom is -0.508 e. The molecule has 0 saturated carbocycles. The first-order valence-electron chi connectivity index (χ1n) is 9.29. The number of benzene rings is 4. The van der Waals surface area contributed by atoms with Gasteiger partial charge in [0, 0.05) is 20.9 Å². The van der Waals surface area contributed by atoms with Crippen molar-refractivity contribution in [2.75, 3.05) is 0 Å². The first kappa shape index (κ1) is 21.8. The number of aromatic hydroxyl groups is 4. The highest BCUT2D eigenvalue weighted by Crippen LogP contribution is 2.29. The van der Waals surface area contributed by atoms with Crippen LogP contribution in [0, 0.1) is 0 Å². The van der Waals surface area contributed by atoms with Crippen LogP contribution in [0.5, 0.6) is 23.0 Å². The molecule has 0 aromatic heterocycles. The molecule has 0 radical (unpaired) electrons. The topological polar surface area (TPSA) is 98.0 Å². The standard InChI is InChI=1S/C13H10O3.C12H10O2S/c14-11-5-1-9(2-6-11)13(16)10-3-7-12(15)8-4-10;13-9-1-5-11(6-2-9)15-12-7-3-10(14)4-8-12/h1-8,14-15H;1-8,13-14H. The maximum atomic E-state index is 11.9. The molecule has 156 valence electrons. The number of carbonyl (C=O) groups is 1. The first-order valence-corrected chi connectivity index (χ1v) is 10.1. The van der Waals surface area contributed by atoms with Crippen molar-refractivity contribution in [1.29, 1.82) is 0 Å². The van der Waals surface area contributed by atoms with Gasteiger partial charge < -0.3 is 20.4 Å². The van der Waals surface area contributed by atoms with E-state index in [1.165, 1.54) is 24.3 Å². The number of phenols is 4. The molecule has 4 aromatic carbocycles. The molecule has 0 aliphatic carbocycles. The zero-order valence-corrected chi connectivity index (χ0v) is 17.2. The Hall–Kier alpha value is -3.90. The quantitative estimate of drug-likeness (QED) is 0.314. The second-order valence-corrected chi connectivity index (χ2v) is 7.66. The molecule has 4 N–H and O–H groups in total. The third kappa shape index (κ3) is 6.55. The summed E-state index contributed by atoms with van der Waals surface area (Å²) in [6, 6.07) is 26.1. The van der Waals surface area contributed by atoms with Crippen LogP contribution in [-0.2, 0) is 0 Å². The normalized spacial score (nSPS) is 10.1. The van der Waals surface area contributed by atoms with Gasteiger partial charge in [-0.05, 0) is 97.1 Å². The van der Waals surface area contributed by atoms with Gasteiger partial charge in [0.1, 0.15) is 23.0 Å². The van der Waals surface area contributed by atoms with Crippen LogP contribution >= 0.6 is 11.8 Å². The summed E-state index contributed by atoms with van der Waals surface area (Å²) in [5.41, 5.74) is 1.01. The van der Waals surface area contributed by atoms with E-state index in [1.54, 1.807) is 60.3 Å². The van der Waals surface area contributed by atoms with Crippen molar-refractivity contribution in [3.63, 3.8) is 0 Å². The zero-order chi connectivity index (χ0) is 22.2. The summed E-state index contributed by atoms with van der Waals surface area (Å²) in [7, 11) is 0. The summed E-state index contributed by atoms with van der Waals surface area (Å²) in [6.45, 7) is 0. The molecule has 0 unspecified atom stereocenters. The number of hydrogen-bond acceptors (Lipinski definition) is 6. The highest BCUT2D eigenvalue weighted by Gasteiger charge is 2.08. The van der Waals surface area contributed by atoms with Gasteiger partial charge in [-0.1, -0.05) is 11.8 Å². The molecule has 0 saturated heterocycles. The summed E-state index contributed by atoms with van der Waals surface area (Å²) >= 11 is 1.58. The van der Waals surface area contributed by atoms with Crippen molar-refractivity contribution in [3.8, 4) is 23.0 Å². The van der Waals surface area contributed by atoms with Crippen molar-refractivity contribution in [2.24, 2.45) is 0 Å². The third-order valence-electron chi connectivity index (χ3n) is 4.17.